The quantitative estimate of drug-likeness (QED) is 0.696. The molecule has 18 heavy (non-hydrogen) atoms. The molecule has 0 spiro atoms. The molecule has 2 unspecified atom stereocenters. The summed E-state index contributed by atoms with van der Waals surface area (Å²) in [6.07, 6.45) is 0.000772. The standard InChI is InChI=1S/C6H15O4P.C3H6O3S/c1-4-8-11(7,9-5-2)10-6-3;1-3-2-5-7(4)6-3/h4-6H2,1-3H3;3H,2H2,1H3. The van der Waals surface area contributed by atoms with Crippen molar-refractivity contribution >= 4 is 19.2 Å². The molecule has 7 nitrogen and oxygen atoms in total. The van der Waals surface area contributed by atoms with Crippen molar-refractivity contribution < 1.29 is 30.7 Å². The molecular weight excluding hydrogens is 283 g/mol. The molecule has 0 radical (unpaired) electrons. The molecule has 110 valence electrons. The molecule has 0 saturated carbocycles. The van der Waals surface area contributed by atoms with Crippen LogP contribution in [0.4, 0.5) is 0 Å². The van der Waals surface area contributed by atoms with Crippen LogP contribution in [-0.4, -0.2) is 36.7 Å². The minimum absolute atomic E-state index is 0.000772. The molecule has 0 N–H and O–H groups in total. The van der Waals surface area contributed by atoms with Crippen molar-refractivity contribution in [3.63, 3.8) is 0 Å². The van der Waals surface area contributed by atoms with Crippen LogP contribution in [0, 0.1) is 0 Å². The largest absolute Gasteiger partial charge is 0.474 e. The minimum Gasteiger partial charge on any atom is -0.287 e. The molecule has 0 aliphatic carbocycles. The summed E-state index contributed by atoms with van der Waals surface area (Å²) in [5.74, 6) is 0. The van der Waals surface area contributed by atoms with Crippen molar-refractivity contribution in [3.8, 4) is 0 Å². The molecule has 0 aromatic carbocycles. The van der Waals surface area contributed by atoms with Gasteiger partial charge in [-0.1, -0.05) is 0 Å². The van der Waals surface area contributed by atoms with Crippen LogP contribution in [0.2, 0.25) is 0 Å². The Morgan fingerprint density at radius 2 is 1.61 bits per heavy atom. The van der Waals surface area contributed by atoms with Crippen molar-refractivity contribution in [2.24, 2.45) is 0 Å². The molecule has 0 aromatic heterocycles. The Morgan fingerprint density at radius 3 is 1.78 bits per heavy atom. The first-order valence-corrected chi connectivity index (χ1v) is 8.19. The van der Waals surface area contributed by atoms with Crippen molar-refractivity contribution in [1.82, 2.24) is 0 Å². The first-order valence-electron chi connectivity index (χ1n) is 5.73. The van der Waals surface area contributed by atoms with Crippen LogP contribution in [0.5, 0.6) is 0 Å². The van der Waals surface area contributed by atoms with Gasteiger partial charge >= 0.3 is 19.2 Å². The Kier molecular flexibility index (Phi) is 10.1. The van der Waals surface area contributed by atoms with Gasteiger partial charge in [0.1, 0.15) is 0 Å². The van der Waals surface area contributed by atoms with Crippen LogP contribution in [0.25, 0.3) is 0 Å². The average molecular weight is 304 g/mol. The molecule has 1 aliphatic rings. The fourth-order valence-corrected chi connectivity index (χ4v) is 2.78. The van der Waals surface area contributed by atoms with E-state index in [4.69, 9.17) is 13.6 Å². The lowest BCUT2D eigenvalue weighted by atomic mass is 10.5. The van der Waals surface area contributed by atoms with Gasteiger partial charge in [0.15, 0.2) is 0 Å². The van der Waals surface area contributed by atoms with Gasteiger partial charge in [-0.3, -0.25) is 21.9 Å². The highest BCUT2D eigenvalue weighted by Gasteiger charge is 2.23. The molecule has 1 saturated heterocycles. The molecule has 1 rings (SSSR count). The van der Waals surface area contributed by atoms with Gasteiger partial charge in [-0.15, -0.1) is 0 Å². The maximum absolute atomic E-state index is 11.3. The van der Waals surface area contributed by atoms with E-state index in [1.54, 1.807) is 20.8 Å². The second-order valence-electron chi connectivity index (χ2n) is 3.10. The molecular formula is C9H21O7PS. The Balaban J connectivity index is 0.000000351. The number of hydrogen-bond acceptors (Lipinski definition) is 7. The van der Waals surface area contributed by atoms with Gasteiger partial charge in [-0.05, 0) is 27.7 Å². The number of phosphoric acid groups is 1. The zero-order chi connectivity index (χ0) is 14.0. The first-order chi connectivity index (χ1) is 8.47. The summed E-state index contributed by atoms with van der Waals surface area (Å²) in [6, 6.07) is 0. The summed E-state index contributed by atoms with van der Waals surface area (Å²) in [7, 11) is -3.22. The third kappa shape index (κ3) is 8.31. The SMILES string of the molecule is CC1COS(=O)O1.CCOP(=O)(OCC)OCC. The lowest BCUT2D eigenvalue weighted by Crippen LogP contribution is -2.00. The summed E-state index contributed by atoms with van der Waals surface area (Å²) in [4.78, 5) is 0. The fourth-order valence-electron chi connectivity index (χ4n) is 0.927. The highest BCUT2D eigenvalue weighted by Crippen LogP contribution is 2.48. The van der Waals surface area contributed by atoms with E-state index in [9.17, 15) is 8.77 Å². The van der Waals surface area contributed by atoms with Gasteiger partial charge in [-0.2, -0.15) is 4.21 Å². The Hall–Kier alpha value is 0.180. The number of phosphoric ester groups is 1. The van der Waals surface area contributed by atoms with Crippen molar-refractivity contribution in [2.75, 3.05) is 26.4 Å². The number of rotatable bonds is 6. The smallest absolute Gasteiger partial charge is 0.287 e. The van der Waals surface area contributed by atoms with Crippen LogP contribution in [-0.2, 0) is 37.9 Å². The van der Waals surface area contributed by atoms with Gasteiger partial charge in [0, 0.05) is 0 Å². The molecule has 1 aliphatic heterocycles. The lowest BCUT2D eigenvalue weighted by Gasteiger charge is -2.14. The van der Waals surface area contributed by atoms with E-state index in [-0.39, 0.29) is 6.10 Å². The van der Waals surface area contributed by atoms with Crippen molar-refractivity contribution in [1.29, 1.82) is 0 Å². The third-order valence-electron chi connectivity index (χ3n) is 1.50. The summed E-state index contributed by atoms with van der Waals surface area (Å²) < 4.78 is 45.1. The number of hydrogen-bond donors (Lipinski definition) is 0. The molecule has 1 fully saturated rings. The predicted molar refractivity (Wildman–Crippen MR) is 67.1 cm³/mol. The second kappa shape index (κ2) is 10.0. The second-order valence-corrected chi connectivity index (χ2v) is 5.60. The summed E-state index contributed by atoms with van der Waals surface area (Å²) in [5, 5.41) is 0. The summed E-state index contributed by atoms with van der Waals surface area (Å²) in [5.41, 5.74) is 0. The van der Waals surface area contributed by atoms with Crippen molar-refractivity contribution in [2.45, 2.75) is 33.8 Å². The van der Waals surface area contributed by atoms with Gasteiger partial charge < -0.3 is 0 Å². The zero-order valence-corrected chi connectivity index (χ0v) is 12.8. The predicted octanol–water partition coefficient (Wildman–Crippen LogP) is 2.20. The Labute approximate surface area is 111 Å². The van der Waals surface area contributed by atoms with Gasteiger partial charge in [0.2, 0.25) is 0 Å². The zero-order valence-electron chi connectivity index (χ0n) is 11.1. The molecule has 1 heterocycles. The van der Waals surface area contributed by atoms with Crippen LogP contribution >= 0.6 is 7.82 Å². The Morgan fingerprint density at radius 1 is 1.17 bits per heavy atom. The third-order valence-corrected chi connectivity index (χ3v) is 4.04. The van der Waals surface area contributed by atoms with E-state index < -0.39 is 19.2 Å². The molecule has 0 bridgehead atoms. The van der Waals surface area contributed by atoms with E-state index in [2.05, 4.69) is 8.37 Å². The van der Waals surface area contributed by atoms with Crippen molar-refractivity contribution in [3.05, 3.63) is 0 Å². The van der Waals surface area contributed by atoms with E-state index in [0.717, 1.165) is 0 Å². The fraction of sp³-hybridized carbons (Fsp3) is 1.00. The monoisotopic (exact) mass is 304 g/mol. The van der Waals surface area contributed by atoms with Gasteiger partial charge in [-0.25, -0.2) is 4.57 Å². The average Bonchev–Trinajstić information content (AvgIpc) is 2.64. The molecule has 9 heteroatoms. The van der Waals surface area contributed by atoms with Gasteiger partial charge in [0.25, 0.3) is 0 Å². The lowest BCUT2D eigenvalue weighted by molar-refractivity contribution is 0.126. The van der Waals surface area contributed by atoms with E-state index in [1.807, 2.05) is 6.92 Å². The molecule has 2 atom stereocenters. The first kappa shape index (κ1) is 18.2. The highest BCUT2D eigenvalue weighted by molar-refractivity contribution is 7.75. The minimum atomic E-state index is -3.22. The Bertz CT molecular complexity index is 262. The summed E-state index contributed by atoms with van der Waals surface area (Å²) in [6.45, 7) is 8.48. The van der Waals surface area contributed by atoms with E-state index in [0.29, 0.717) is 26.4 Å². The summed E-state index contributed by atoms with van der Waals surface area (Å²) >= 11 is -1.45. The van der Waals surface area contributed by atoms with Crippen LogP contribution < -0.4 is 0 Å². The van der Waals surface area contributed by atoms with E-state index in [1.165, 1.54) is 0 Å². The van der Waals surface area contributed by atoms with Gasteiger partial charge in [0.05, 0.1) is 32.5 Å². The van der Waals surface area contributed by atoms with E-state index >= 15 is 0 Å². The maximum Gasteiger partial charge on any atom is 0.474 e. The topological polar surface area (TPSA) is 80.3 Å². The highest BCUT2D eigenvalue weighted by atomic mass is 32.2. The molecule has 0 amide bonds. The van der Waals surface area contributed by atoms with Crippen LogP contribution in [0.15, 0.2) is 0 Å². The normalized spacial score (nSPS) is 23.6. The van der Waals surface area contributed by atoms with Crippen LogP contribution in [0.1, 0.15) is 27.7 Å². The maximum atomic E-state index is 11.3. The molecule has 0 aromatic rings. The van der Waals surface area contributed by atoms with Crippen LogP contribution in [0.3, 0.4) is 0 Å².